The maximum absolute atomic E-state index is 13.2. The SMILES string of the molecule is CCOC(=O)C(=Cc1cc(F)ccc1OC)N=[N+]=[N-]. The fourth-order valence-electron chi connectivity index (χ4n) is 1.35. The number of nitrogens with zero attached hydrogens (tertiary/aromatic N) is 3. The Labute approximate surface area is 109 Å². The van der Waals surface area contributed by atoms with Gasteiger partial charge in [0.1, 0.15) is 17.3 Å². The zero-order valence-electron chi connectivity index (χ0n) is 10.5. The van der Waals surface area contributed by atoms with E-state index in [1.54, 1.807) is 6.92 Å². The number of hydrogen-bond acceptors (Lipinski definition) is 4. The van der Waals surface area contributed by atoms with Gasteiger partial charge in [0, 0.05) is 10.5 Å². The molecule has 0 spiro atoms. The fraction of sp³-hybridized carbons (Fsp3) is 0.250. The minimum Gasteiger partial charge on any atom is -0.496 e. The molecule has 1 aromatic carbocycles. The summed E-state index contributed by atoms with van der Waals surface area (Å²) in [5.74, 6) is -0.945. The lowest BCUT2D eigenvalue weighted by atomic mass is 10.1. The average molecular weight is 265 g/mol. The van der Waals surface area contributed by atoms with Gasteiger partial charge in [-0.1, -0.05) is 5.11 Å². The van der Waals surface area contributed by atoms with Gasteiger partial charge in [0.25, 0.3) is 0 Å². The number of rotatable bonds is 5. The van der Waals surface area contributed by atoms with E-state index in [2.05, 4.69) is 10.0 Å². The van der Waals surface area contributed by atoms with Gasteiger partial charge in [-0.15, -0.1) is 0 Å². The fourth-order valence-corrected chi connectivity index (χ4v) is 1.35. The van der Waals surface area contributed by atoms with Crippen LogP contribution in [0.1, 0.15) is 12.5 Å². The largest absolute Gasteiger partial charge is 0.496 e. The number of methoxy groups -OCH3 is 1. The highest BCUT2D eigenvalue weighted by atomic mass is 19.1. The second kappa shape index (κ2) is 7.03. The molecule has 19 heavy (non-hydrogen) atoms. The number of esters is 1. The Kier molecular flexibility index (Phi) is 5.37. The minimum atomic E-state index is -0.786. The number of ether oxygens (including phenoxy) is 2. The van der Waals surface area contributed by atoms with Crippen molar-refractivity contribution >= 4 is 12.0 Å². The summed E-state index contributed by atoms with van der Waals surface area (Å²) in [6.07, 6.45) is 1.21. The van der Waals surface area contributed by atoms with Crippen LogP contribution < -0.4 is 4.74 Å². The molecule has 6 nitrogen and oxygen atoms in total. The van der Waals surface area contributed by atoms with Crippen LogP contribution >= 0.6 is 0 Å². The van der Waals surface area contributed by atoms with Gasteiger partial charge in [-0.25, -0.2) is 9.18 Å². The highest BCUT2D eigenvalue weighted by Crippen LogP contribution is 2.22. The summed E-state index contributed by atoms with van der Waals surface area (Å²) in [6, 6.07) is 3.78. The summed E-state index contributed by atoms with van der Waals surface area (Å²) in [6.45, 7) is 1.76. The summed E-state index contributed by atoms with van der Waals surface area (Å²) in [5.41, 5.74) is 8.42. The Bertz CT molecular complexity index is 551. The van der Waals surface area contributed by atoms with Crippen LogP contribution in [-0.2, 0) is 9.53 Å². The molecule has 0 N–H and O–H groups in total. The van der Waals surface area contributed by atoms with Gasteiger partial charge >= 0.3 is 5.97 Å². The maximum Gasteiger partial charge on any atom is 0.340 e. The molecule has 7 heteroatoms. The first kappa shape index (κ1) is 14.5. The molecule has 0 saturated heterocycles. The van der Waals surface area contributed by atoms with E-state index in [4.69, 9.17) is 15.0 Å². The molecular weight excluding hydrogens is 253 g/mol. The molecule has 0 fully saturated rings. The van der Waals surface area contributed by atoms with Gasteiger partial charge in [-0.3, -0.25) is 0 Å². The van der Waals surface area contributed by atoms with E-state index in [1.807, 2.05) is 0 Å². The van der Waals surface area contributed by atoms with Crippen LogP contribution in [0.15, 0.2) is 29.0 Å². The minimum absolute atomic E-state index is 0.136. The number of carbonyl (C=O) groups is 1. The van der Waals surface area contributed by atoms with Crippen molar-refractivity contribution in [2.45, 2.75) is 6.92 Å². The van der Waals surface area contributed by atoms with E-state index in [1.165, 1.54) is 25.3 Å². The summed E-state index contributed by atoms with van der Waals surface area (Å²) < 4.78 is 22.9. The van der Waals surface area contributed by atoms with Crippen LogP contribution in [0.2, 0.25) is 0 Å². The number of halogens is 1. The lowest BCUT2D eigenvalue weighted by Crippen LogP contribution is -2.05. The van der Waals surface area contributed by atoms with Gasteiger partial charge in [0.2, 0.25) is 0 Å². The monoisotopic (exact) mass is 265 g/mol. The molecule has 0 unspecified atom stereocenters. The molecule has 0 heterocycles. The molecule has 0 aromatic heterocycles. The van der Waals surface area contributed by atoms with E-state index < -0.39 is 11.8 Å². The number of azide groups is 1. The first-order chi connectivity index (χ1) is 9.12. The van der Waals surface area contributed by atoms with Crippen molar-refractivity contribution in [3.63, 3.8) is 0 Å². The molecule has 1 aromatic rings. The van der Waals surface area contributed by atoms with Crippen molar-refractivity contribution in [3.8, 4) is 5.75 Å². The Morgan fingerprint density at radius 2 is 2.32 bits per heavy atom. The number of carbonyl (C=O) groups excluding carboxylic acids is 1. The molecule has 0 bridgehead atoms. The standard InChI is InChI=1S/C12H12FN3O3/c1-3-19-12(17)10(15-16-14)7-8-6-9(13)4-5-11(8)18-2/h4-7H,3H2,1-2H3. The lowest BCUT2D eigenvalue weighted by Gasteiger charge is -2.06. The van der Waals surface area contributed by atoms with Crippen LogP contribution in [0.3, 0.4) is 0 Å². The molecule has 1 rings (SSSR count). The topological polar surface area (TPSA) is 84.3 Å². The molecule has 0 aliphatic rings. The second-order valence-electron chi connectivity index (χ2n) is 3.33. The van der Waals surface area contributed by atoms with Crippen molar-refractivity contribution in [1.29, 1.82) is 0 Å². The third-order valence-electron chi connectivity index (χ3n) is 2.12. The molecule has 0 aliphatic heterocycles. The van der Waals surface area contributed by atoms with Crippen molar-refractivity contribution in [2.75, 3.05) is 13.7 Å². The van der Waals surface area contributed by atoms with E-state index in [0.29, 0.717) is 5.75 Å². The Hall–Kier alpha value is -2.53. The van der Waals surface area contributed by atoms with Crippen LogP contribution in [0.25, 0.3) is 16.5 Å². The van der Waals surface area contributed by atoms with Crippen LogP contribution in [-0.4, -0.2) is 19.7 Å². The molecule has 0 amide bonds. The summed E-state index contributed by atoms with van der Waals surface area (Å²) in [4.78, 5) is 14.1. The number of hydrogen-bond donors (Lipinski definition) is 0. The van der Waals surface area contributed by atoms with Gasteiger partial charge in [-0.05, 0) is 36.7 Å². The Morgan fingerprint density at radius 3 is 2.89 bits per heavy atom. The normalized spacial score (nSPS) is 10.6. The smallest absolute Gasteiger partial charge is 0.340 e. The molecule has 100 valence electrons. The van der Waals surface area contributed by atoms with Crippen LogP contribution in [0, 0.1) is 5.82 Å². The van der Waals surface area contributed by atoms with Gasteiger partial charge in [0.05, 0.1) is 13.7 Å². The van der Waals surface area contributed by atoms with Crippen molar-refractivity contribution in [3.05, 3.63) is 45.7 Å². The van der Waals surface area contributed by atoms with Crippen molar-refractivity contribution < 1.29 is 18.7 Å². The zero-order chi connectivity index (χ0) is 14.3. The van der Waals surface area contributed by atoms with Gasteiger partial charge in [-0.2, -0.15) is 0 Å². The third kappa shape index (κ3) is 4.01. The summed E-state index contributed by atoms with van der Waals surface area (Å²) in [5, 5.41) is 3.23. The van der Waals surface area contributed by atoms with Gasteiger partial charge in [0.15, 0.2) is 0 Å². The Balaban J connectivity index is 3.25. The average Bonchev–Trinajstić information content (AvgIpc) is 2.39. The number of benzene rings is 1. The highest BCUT2D eigenvalue weighted by molar-refractivity contribution is 5.93. The second-order valence-corrected chi connectivity index (χ2v) is 3.33. The summed E-state index contributed by atoms with van der Waals surface area (Å²) >= 11 is 0. The zero-order valence-corrected chi connectivity index (χ0v) is 10.5. The van der Waals surface area contributed by atoms with Crippen LogP contribution in [0.4, 0.5) is 4.39 Å². The molecule has 0 radical (unpaired) electrons. The molecule has 0 atom stereocenters. The summed E-state index contributed by atoms with van der Waals surface area (Å²) in [7, 11) is 1.40. The van der Waals surface area contributed by atoms with Gasteiger partial charge < -0.3 is 9.47 Å². The maximum atomic E-state index is 13.2. The predicted octanol–water partition coefficient (Wildman–Crippen LogP) is 3.05. The lowest BCUT2D eigenvalue weighted by molar-refractivity contribution is -0.138. The first-order valence-electron chi connectivity index (χ1n) is 5.39. The molecule has 0 saturated carbocycles. The highest BCUT2D eigenvalue weighted by Gasteiger charge is 2.11. The van der Waals surface area contributed by atoms with E-state index in [9.17, 15) is 9.18 Å². The first-order valence-corrected chi connectivity index (χ1v) is 5.39. The Morgan fingerprint density at radius 1 is 1.58 bits per heavy atom. The van der Waals surface area contributed by atoms with E-state index in [0.717, 1.165) is 6.07 Å². The van der Waals surface area contributed by atoms with Crippen molar-refractivity contribution in [1.82, 2.24) is 0 Å². The van der Waals surface area contributed by atoms with Crippen LogP contribution in [0.5, 0.6) is 5.75 Å². The van der Waals surface area contributed by atoms with E-state index >= 15 is 0 Å². The molecule has 0 aliphatic carbocycles. The quantitative estimate of drug-likeness (QED) is 0.269. The van der Waals surface area contributed by atoms with E-state index in [-0.39, 0.29) is 17.9 Å². The predicted molar refractivity (Wildman–Crippen MR) is 66.7 cm³/mol. The molecular formula is C12H12FN3O3. The third-order valence-corrected chi connectivity index (χ3v) is 2.12. The van der Waals surface area contributed by atoms with Crippen molar-refractivity contribution in [2.24, 2.45) is 5.11 Å².